The summed E-state index contributed by atoms with van der Waals surface area (Å²) in [6.45, 7) is 3.31. The molecule has 1 aromatic heterocycles. The van der Waals surface area contributed by atoms with Crippen LogP contribution in [0, 0.1) is 5.92 Å². The van der Waals surface area contributed by atoms with Crippen molar-refractivity contribution in [3.8, 4) is 0 Å². The van der Waals surface area contributed by atoms with Gasteiger partial charge in [0.25, 0.3) is 0 Å². The minimum absolute atomic E-state index is 0.674. The molecule has 0 aliphatic heterocycles. The molecule has 1 aliphatic rings. The minimum Gasteiger partial charge on any atom is -0.310 e. The Hall–Kier alpha value is -1.41. The third-order valence-electron chi connectivity index (χ3n) is 4.42. The van der Waals surface area contributed by atoms with Crippen molar-refractivity contribution in [1.29, 1.82) is 0 Å². The fraction of sp³-hybridized carbons (Fsp3) is 0.471. The molecule has 0 amide bonds. The predicted molar refractivity (Wildman–Crippen MR) is 80.0 cm³/mol. The summed E-state index contributed by atoms with van der Waals surface area (Å²) in [5.74, 6) is 0.802. The van der Waals surface area contributed by atoms with Crippen LogP contribution < -0.4 is 5.32 Å². The third kappa shape index (κ3) is 2.79. The quantitative estimate of drug-likeness (QED) is 0.898. The molecule has 19 heavy (non-hydrogen) atoms. The lowest BCUT2D eigenvalue weighted by atomic mass is 9.86. The van der Waals surface area contributed by atoms with Gasteiger partial charge in [0, 0.05) is 30.4 Å². The van der Waals surface area contributed by atoms with Crippen molar-refractivity contribution in [2.24, 2.45) is 5.92 Å². The Morgan fingerprint density at radius 1 is 1.16 bits per heavy atom. The van der Waals surface area contributed by atoms with Gasteiger partial charge in [-0.25, -0.2) is 0 Å². The molecule has 3 rings (SSSR count). The number of rotatable bonds is 3. The van der Waals surface area contributed by atoms with Crippen molar-refractivity contribution >= 4 is 10.8 Å². The molecule has 0 bridgehead atoms. The van der Waals surface area contributed by atoms with E-state index < -0.39 is 0 Å². The molecule has 0 spiro atoms. The first-order valence-electron chi connectivity index (χ1n) is 7.39. The second kappa shape index (κ2) is 5.70. The zero-order valence-corrected chi connectivity index (χ0v) is 11.6. The zero-order valence-electron chi connectivity index (χ0n) is 11.6. The van der Waals surface area contributed by atoms with Crippen LogP contribution in [0.3, 0.4) is 0 Å². The van der Waals surface area contributed by atoms with Gasteiger partial charge in [-0.1, -0.05) is 44.0 Å². The fourth-order valence-corrected chi connectivity index (χ4v) is 3.18. The molecular formula is C17H22N2. The number of nitrogens with one attached hydrogen (secondary N) is 1. The first-order valence-corrected chi connectivity index (χ1v) is 7.39. The molecule has 1 saturated carbocycles. The molecule has 1 N–H and O–H groups in total. The molecule has 1 aromatic carbocycles. The van der Waals surface area contributed by atoms with E-state index in [-0.39, 0.29) is 0 Å². The maximum Gasteiger partial charge on any atom is 0.0346 e. The van der Waals surface area contributed by atoms with Gasteiger partial charge in [0.2, 0.25) is 0 Å². The monoisotopic (exact) mass is 254 g/mol. The van der Waals surface area contributed by atoms with Crippen LogP contribution in [0.2, 0.25) is 0 Å². The number of hydrogen-bond donors (Lipinski definition) is 1. The maximum atomic E-state index is 4.36. The molecule has 2 unspecified atom stereocenters. The number of aromatic nitrogens is 1. The summed E-state index contributed by atoms with van der Waals surface area (Å²) in [5.41, 5.74) is 1.32. The van der Waals surface area contributed by atoms with Crippen LogP contribution in [0.5, 0.6) is 0 Å². The van der Waals surface area contributed by atoms with E-state index in [1.165, 1.54) is 42.0 Å². The predicted octanol–water partition coefficient (Wildman–Crippen LogP) is 3.90. The average molecular weight is 254 g/mol. The van der Waals surface area contributed by atoms with Gasteiger partial charge in [-0.2, -0.15) is 0 Å². The Bertz CT molecular complexity index is 544. The Balaban J connectivity index is 1.74. The van der Waals surface area contributed by atoms with Crippen molar-refractivity contribution in [2.45, 2.75) is 45.2 Å². The SMILES string of the molecule is CC1CCCCC1NCc1cncc2ccccc12. The lowest BCUT2D eigenvalue weighted by Gasteiger charge is -2.29. The second-order valence-corrected chi connectivity index (χ2v) is 5.77. The third-order valence-corrected chi connectivity index (χ3v) is 4.42. The highest BCUT2D eigenvalue weighted by Gasteiger charge is 2.20. The average Bonchev–Trinajstić information content (AvgIpc) is 2.46. The Morgan fingerprint density at radius 2 is 2.00 bits per heavy atom. The molecule has 2 aromatic rings. The molecule has 0 saturated heterocycles. The van der Waals surface area contributed by atoms with Gasteiger partial charge in [-0.05, 0) is 29.7 Å². The highest BCUT2D eigenvalue weighted by Crippen LogP contribution is 2.24. The Kier molecular flexibility index (Phi) is 3.79. The highest BCUT2D eigenvalue weighted by molar-refractivity contribution is 5.84. The summed E-state index contributed by atoms with van der Waals surface area (Å²) >= 11 is 0. The number of fused-ring (bicyclic) bond motifs is 1. The number of nitrogens with zero attached hydrogens (tertiary/aromatic N) is 1. The van der Waals surface area contributed by atoms with Gasteiger partial charge in [-0.15, -0.1) is 0 Å². The zero-order chi connectivity index (χ0) is 13.1. The van der Waals surface area contributed by atoms with Gasteiger partial charge < -0.3 is 5.32 Å². The first-order chi connectivity index (χ1) is 9.34. The summed E-state index contributed by atoms with van der Waals surface area (Å²) in [5, 5.41) is 6.30. The number of benzene rings is 1. The highest BCUT2D eigenvalue weighted by atomic mass is 14.9. The van der Waals surface area contributed by atoms with E-state index in [4.69, 9.17) is 0 Å². The van der Waals surface area contributed by atoms with E-state index in [0.717, 1.165) is 12.5 Å². The Morgan fingerprint density at radius 3 is 2.89 bits per heavy atom. The van der Waals surface area contributed by atoms with Crippen molar-refractivity contribution in [1.82, 2.24) is 10.3 Å². The summed E-state index contributed by atoms with van der Waals surface area (Å²) in [4.78, 5) is 4.36. The standard InChI is InChI=1S/C17H22N2/c1-13-6-2-5-9-17(13)19-12-15-11-18-10-14-7-3-4-8-16(14)15/h3-4,7-8,10-11,13,17,19H,2,5-6,9,12H2,1H3. The van der Waals surface area contributed by atoms with Crippen LogP contribution in [0.1, 0.15) is 38.2 Å². The van der Waals surface area contributed by atoms with E-state index >= 15 is 0 Å². The summed E-state index contributed by atoms with van der Waals surface area (Å²) in [6.07, 6.45) is 9.40. The summed E-state index contributed by atoms with van der Waals surface area (Å²) in [6, 6.07) is 9.18. The van der Waals surface area contributed by atoms with E-state index in [9.17, 15) is 0 Å². The molecule has 2 atom stereocenters. The van der Waals surface area contributed by atoms with Gasteiger partial charge in [0.1, 0.15) is 0 Å². The van der Waals surface area contributed by atoms with Gasteiger partial charge in [-0.3, -0.25) is 4.98 Å². The van der Waals surface area contributed by atoms with E-state index in [2.05, 4.69) is 41.5 Å². The maximum absolute atomic E-state index is 4.36. The molecule has 1 fully saturated rings. The van der Waals surface area contributed by atoms with Crippen LogP contribution >= 0.6 is 0 Å². The topological polar surface area (TPSA) is 24.9 Å². The summed E-state index contributed by atoms with van der Waals surface area (Å²) in [7, 11) is 0. The summed E-state index contributed by atoms with van der Waals surface area (Å²) < 4.78 is 0. The lowest BCUT2D eigenvalue weighted by Crippen LogP contribution is -2.36. The fourth-order valence-electron chi connectivity index (χ4n) is 3.18. The minimum atomic E-state index is 0.674. The van der Waals surface area contributed by atoms with Crippen molar-refractivity contribution in [3.63, 3.8) is 0 Å². The molecule has 0 radical (unpaired) electrons. The molecule has 1 aliphatic carbocycles. The van der Waals surface area contributed by atoms with Gasteiger partial charge in [0.05, 0.1) is 0 Å². The van der Waals surface area contributed by atoms with E-state index in [1.807, 2.05) is 12.4 Å². The normalized spacial score (nSPS) is 23.6. The number of hydrogen-bond acceptors (Lipinski definition) is 2. The molecular weight excluding hydrogens is 232 g/mol. The van der Waals surface area contributed by atoms with Crippen LogP contribution in [-0.2, 0) is 6.54 Å². The first kappa shape index (κ1) is 12.6. The van der Waals surface area contributed by atoms with Crippen LogP contribution in [0.15, 0.2) is 36.7 Å². The van der Waals surface area contributed by atoms with Crippen molar-refractivity contribution in [2.75, 3.05) is 0 Å². The van der Waals surface area contributed by atoms with Crippen molar-refractivity contribution < 1.29 is 0 Å². The van der Waals surface area contributed by atoms with E-state index in [0.29, 0.717) is 6.04 Å². The second-order valence-electron chi connectivity index (χ2n) is 5.77. The lowest BCUT2D eigenvalue weighted by molar-refractivity contribution is 0.279. The smallest absolute Gasteiger partial charge is 0.0346 e. The Labute approximate surface area is 115 Å². The molecule has 2 heteroatoms. The molecule has 100 valence electrons. The van der Waals surface area contributed by atoms with Crippen LogP contribution in [0.25, 0.3) is 10.8 Å². The van der Waals surface area contributed by atoms with Gasteiger partial charge >= 0.3 is 0 Å². The van der Waals surface area contributed by atoms with Crippen LogP contribution in [0.4, 0.5) is 0 Å². The van der Waals surface area contributed by atoms with Crippen molar-refractivity contribution in [3.05, 3.63) is 42.2 Å². The van der Waals surface area contributed by atoms with Crippen LogP contribution in [-0.4, -0.2) is 11.0 Å². The van der Waals surface area contributed by atoms with E-state index in [1.54, 1.807) is 0 Å². The largest absolute Gasteiger partial charge is 0.310 e. The van der Waals surface area contributed by atoms with Gasteiger partial charge in [0.15, 0.2) is 0 Å². The molecule has 2 nitrogen and oxygen atoms in total. The number of pyridine rings is 1. The molecule has 1 heterocycles.